The van der Waals surface area contributed by atoms with Crippen molar-refractivity contribution in [3.63, 3.8) is 0 Å². The van der Waals surface area contributed by atoms with Crippen molar-refractivity contribution in [2.75, 3.05) is 11.9 Å². The third-order valence-corrected chi connectivity index (χ3v) is 2.94. The quantitative estimate of drug-likeness (QED) is 0.857. The van der Waals surface area contributed by atoms with Crippen LogP contribution in [0.15, 0.2) is 18.2 Å². The highest BCUT2D eigenvalue weighted by atomic mass is 35.5. The van der Waals surface area contributed by atoms with Gasteiger partial charge in [-0.05, 0) is 37.6 Å². The number of amides is 1. The number of hydrogen-bond acceptors (Lipinski definition) is 2. The number of nitrogens with one attached hydrogen (secondary N) is 2. The van der Waals surface area contributed by atoms with Gasteiger partial charge in [0, 0.05) is 15.7 Å². The Morgan fingerprint density at radius 3 is 2.56 bits per heavy atom. The van der Waals surface area contributed by atoms with Gasteiger partial charge in [0.05, 0.1) is 6.04 Å². The number of hydrogen-bond donors (Lipinski definition) is 2. The van der Waals surface area contributed by atoms with E-state index in [4.69, 9.17) is 23.2 Å². The van der Waals surface area contributed by atoms with Crippen LogP contribution in [0, 0.1) is 0 Å². The highest BCUT2D eigenvalue weighted by Gasteiger charge is 2.21. The molecule has 1 heterocycles. The van der Waals surface area contributed by atoms with E-state index in [1.807, 2.05) is 0 Å². The molecule has 1 fully saturated rings. The number of halogens is 2. The largest absolute Gasteiger partial charge is 0.325 e. The van der Waals surface area contributed by atoms with Crippen molar-refractivity contribution in [2.45, 2.75) is 18.9 Å². The standard InChI is InChI=1S/C11H12Cl2N2O/c12-7-4-8(13)6-9(5-7)15-11(16)10-2-1-3-14-10/h4-6,10,14H,1-3H2,(H,15,16). The predicted molar refractivity (Wildman–Crippen MR) is 66.1 cm³/mol. The molecule has 0 saturated carbocycles. The number of benzene rings is 1. The van der Waals surface area contributed by atoms with Crippen molar-refractivity contribution in [3.05, 3.63) is 28.2 Å². The molecule has 0 aromatic heterocycles. The summed E-state index contributed by atoms with van der Waals surface area (Å²) in [6.07, 6.45) is 1.91. The summed E-state index contributed by atoms with van der Waals surface area (Å²) in [5, 5.41) is 6.95. The molecule has 1 amide bonds. The van der Waals surface area contributed by atoms with E-state index >= 15 is 0 Å². The van der Waals surface area contributed by atoms with Crippen LogP contribution < -0.4 is 10.6 Å². The van der Waals surface area contributed by atoms with Gasteiger partial charge < -0.3 is 10.6 Å². The average molecular weight is 259 g/mol. The van der Waals surface area contributed by atoms with Crippen molar-refractivity contribution >= 4 is 34.8 Å². The zero-order chi connectivity index (χ0) is 11.5. The van der Waals surface area contributed by atoms with Gasteiger partial charge in [0.1, 0.15) is 0 Å². The first-order chi connectivity index (χ1) is 7.65. The van der Waals surface area contributed by atoms with Gasteiger partial charge >= 0.3 is 0 Å². The van der Waals surface area contributed by atoms with Gasteiger partial charge in [-0.2, -0.15) is 0 Å². The molecule has 2 N–H and O–H groups in total. The smallest absolute Gasteiger partial charge is 0.241 e. The molecular weight excluding hydrogens is 247 g/mol. The van der Waals surface area contributed by atoms with E-state index in [0.29, 0.717) is 15.7 Å². The van der Waals surface area contributed by atoms with Crippen molar-refractivity contribution in [2.24, 2.45) is 0 Å². The van der Waals surface area contributed by atoms with Gasteiger partial charge in [0.15, 0.2) is 0 Å². The third-order valence-electron chi connectivity index (χ3n) is 2.51. The molecule has 1 atom stereocenters. The molecular formula is C11H12Cl2N2O. The fourth-order valence-corrected chi connectivity index (χ4v) is 2.29. The first-order valence-electron chi connectivity index (χ1n) is 5.15. The van der Waals surface area contributed by atoms with E-state index in [1.165, 1.54) is 0 Å². The van der Waals surface area contributed by atoms with E-state index in [2.05, 4.69) is 10.6 Å². The molecule has 0 radical (unpaired) electrons. The lowest BCUT2D eigenvalue weighted by Crippen LogP contribution is -2.35. The lowest BCUT2D eigenvalue weighted by molar-refractivity contribution is -0.117. The topological polar surface area (TPSA) is 41.1 Å². The van der Waals surface area contributed by atoms with Gasteiger partial charge in [-0.15, -0.1) is 0 Å². The molecule has 1 aliphatic rings. The average Bonchev–Trinajstić information content (AvgIpc) is 2.68. The Morgan fingerprint density at radius 2 is 2.00 bits per heavy atom. The van der Waals surface area contributed by atoms with Crippen LogP contribution in [0.1, 0.15) is 12.8 Å². The summed E-state index contributed by atoms with van der Waals surface area (Å²) < 4.78 is 0. The van der Waals surface area contributed by atoms with E-state index in [0.717, 1.165) is 19.4 Å². The lowest BCUT2D eigenvalue weighted by Gasteiger charge is -2.11. The van der Waals surface area contributed by atoms with Crippen molar-refractivity contribution in [3.8, 4) is 0 Å². The Labute approximate surface area is 104 Å². The van der Waals surface area contributed by atoms with E-state index in [9.17, 15) is 4.79 Å². The van der Waals surface area contributed by atoms with Gasteiger partial charge in [-0.3, -0.25) is 4.79 Å². The molecule has 0 spiro atoms. The minimum Gasteiger partial charge on any atom is -0.325 e. The maximum Gasteiger partial charge on any atom is 0.241 e. The van der Waals surface area contributed by atoms with E-state index in [-0.39, 0.29) is 11.9 Å². The first-order valence-corrected chi connectivity index (χ1v) is 5.91. The molecule has 16 heavy (non-hydrogen) atoms. The molecule has 1 aliphatic heterocycles. The molecule has 1 aromatic rings. The third kappa shape index (κ3) is 2.88. The van der Waals surface area contributed by atoms with E-state index < -0.39 is 0 Å². The second-order valence-corrected chi connectivity index (χ2v) is 4.67. The molecule has 5 heteroatoms. The van der Waals surface area contributed by atoms with Gasteiger partial charge in [-0.1, -0.05) is 23.2 Å². The number of carbonyl (C=O) groups excluding carboxylic acids is 1. The van der Waals surface area contributed by atoms with Crippen LogP contribution in [0.3, 0.4) is 0 Å². The lowest BCUT2D eigenvalue weighted by atomic mass is 10.2. The summed E-state index contributed by atoms with van der Waals surface area (Å²) in [7, 11) is 0. The Bertz CT molecular complexity index is 383. The zero-order valence-corrected chi connectivity index (χ0v) is 10.1. The highest BCUT2D eigenvalue weighted by Crippen LogP contribution is 2.22. The highest BCUT2D eigenvalue weighted by molar-refractivity contribution is 6.35. The fraction of sp³-hybridized carbons (Fsp3) is 0.364. The number of carbonyl (C=O) groups is 1. The summed E-state index contributed by atoms with van der Waals surface area (Å²) in [4.78, 5) is 11.8. The van der Waals surface area contributed by atoms with Crippen LogP contribution in [-0.2, 0) is 4.79 Å². The van der Waals surface area contributed by atoms with Crippen LogP contribution in [0.25, 0.3) is 0 Å². The second-order valence-electron chi connectivity index (χ2n) is 3.80. The van der Waals surface area contributed by atoms with E-state index in [1.54, 1.807) is 18.2 Å². The zero-order valence-electron chi connectivity index (χ0n) is 8.59. The van der Waals surface area contributed by atoms with Crippen LogP contribution >= 0.6 is 23.2 Å². The molecule has 0 bridgehead atoms. The Kier molecular flexibility index (Phi) is 3.69. The van der Waals surface area contributed by atoms with Gasteiger partial charge in [0.2, 0.25) is 5.91 Å². The maximum atomic E-state index is 11.8. The normalized spacial score (nSPS) is 19.8. The SMILES string of the molecule is O=C(Nc1cc(Cl)cc(Cl)c1)C1CCCN1. The monoisotopic (exact) mass is 258 g/mol. The summed E-state index contributed by atoms with van der Waals surface area (Å²) in [6.45, 7) is 0.897. The summed E-state index contributed by atoms with van der Waals surface area (Å²) in [5.74, 6) is -0.0316. The number of rotatable bonds is 2. The van der Waals surface area contributed by atoms with Crippen molar-refractivity contribution in [1.29, 1.82) is 0 Å². The molecule has 0 aliphatic carbocycles. The minimum atomic E-state index is -0.0993. The molecule has 1 aromatic carbocycles. The Balaban J connectivity index is 2.05. The fourth-order valence-electron chi connectivity index (χ4n) is 1.76. The Morgan fingerprint density at radius 1 is 1.31 bits per heavy atom. The second kappa shape index (κ2) is 5.04. The molecule has 86 valence electrons. The first kappa shape index (κ1) is 11.7. The summed E-state index contributed by atoms with van der Waals surface area (Å²) in [5.41, 5.74) is 0.635. The molecule has 1 unspecified atom stereocenters. The summed E-state index contributed by atoms with van der Waals surface area (Å²) in [6, 6.07) is 4.89. The molecule has 3 nitrogen and oxygen atoms in total. The maximum absolute atomic E-state index is 11.8. The minimum absolute atomic E-state index is 0.0316. The molecule has 2 rings (SSSR count). The van der Waals surface area contributed by atoms with Crippen molar-refractivity contribution < 1.29 is 4.79 Å². The van der Waals surface area contributed by atoms with Crippen LogP contribution in [0.2, 0.25) is 10.0 Å². The predicted octanol–water partition coefficient (Wildman–Crippen LogP) is 2.68. The van der Waals surface area contributed by atoms with Crippen LogP contribution in [0.4, 0.5) is 5.69 Å². The summed E-state index contributed by atoms with van der Waals surface area (Å²) >= 11 is 11.7. The Hall–Kier alpha value is -0.770. The molecule has 1 saturated heterocycles. The van der Waals surface area contributed by atoms with Crippen LogP contribution in [-0.4, -0.2) is 18.5 Å². The van der Waals surface area contributed by atoms with Crippen molar-refractivity contribution in [1.82, 2.24) is 5.32 Å². The van der Waals surface area contributed by atoms with Gasteiger partial charge in [0.25, 0.3) is 0 Å². The number of anilines is 1. The van der Waals surface area contributed by atoms with Crippen LogP contribution in [0.5, 0.6) is 0 Å². The van der Waals surface area contributed by atoms with Gasteiger partial charge in [-0.25, -0.2) is 0 Å².